The molecule has 3 fully saturated rings. The number of carbonyl (C=O) groups excluding carboxylic acids is 3. The second-order valence-electron chi connectivity index (χ2n) is 10.5. The molecule has 3 heterocycles. The smallest absolute Gasteiger partial charge is 0.312 e. The molecule has 1 N–H and O–H groups in total. The van der Waals surface area contributed by atoms with Crippen LogP contribution in [-0.2, 0) is 23.9 Å². The van der Waals surface area contributed by atoms with Gasteiger partial charge in [-0.25, -0.2) is 0 Å². The number of hydrogen-bond acceptors (Lipinski definition) is 6. The van der Waals surface area contributed by atoms with Crippen molar-refractivity contribution < 1.29 is 29.0 Å². The average molecular weight is 545 g/mol. The molecule has 2 amide bonds. The molecular weight excluding hydrogens is 508 g/mol. The maximum absolute atomic E-state index is 14.4. The monoisotopic (exact) mass is 544 g/mol. The number of unbranched alkanes of at least 4 members (excludes halogenated alkanes) is 1. The van der Waals surface area contributed by atoms with Gasteiger partial charge in [-0.05, 0) is 63.3 Å². The number of allylic oxidation sites excluding steroid dienone is 1. The third-order valence-corrected chi connectivity index (χ3v) is 8.54. The second-order valence-corrected chi connectivity index (χ2v) is 11.0. The van der Waals surface area contributed by atoms with Gasteiger partial charge in [0.05, 0.1) is 30.8 Å². The minimum Gasteiger partial charge on any atom is -0.465 e. The Morgan fingerprint density at radius 3 is 2.61 bits per heavy atom. The van der Waals surface area contributed by atoms with Gasteiger partial charge in [-0.2, -0.15) is 0 Å². The van der Waals surface area contributed by atoms with Gasteiger partial charge in [0.25, 0.3) is 5.91 Å². The fourth-order valence-electron chi connectivity index (χ4n) is 6.52. The van der Waals surface area contributed by atoms with E-state index < -0.39 is 41.1 Å². The highest BCUT2D eigenvalue weighted by atomic mass is 35.5. The summed E-state index contributed by atoms with van der Waals surface area (Å²) in [5.74, 6) is -2.90. The Morgan fingerprint density at radius 1 is 1.29 bits per heavy atom. The van der Waals surface area contributed by atoms with E-state index in [4.69, 9.17) is 21.1 Å². The first-order chi connectivity index (χ1) is 18.2. The Hall–Kier alpha value is -2.68. The molecule has 3 aliphatic rings. The van der Waals surface area contributed by atoms with Crippen LogP contribution in [0.5, 0.6) is 0 Å². The molecule has 9 heteroatoms. The van der Waals surface area contributed by atoms with Gasteiger partial charge >= 0.3 is 5.97 Å². The van der Waals surface area contributed by atoms with Crippen molar-refractivity contribution in [3.05, 3.63) is 54.6 Å². The maximum Gasteiger partial charge on any atom is 0.312 e. The number of benzene rings is 1. The van der Waals surface area contributed by atoms with Crippen molar-refractivity contribution in [3.8, 4) is 0 Å². The standard InChI is InChI=1S/C29H37ClN2O6/c1-5-8-9-17-37-27(36)23-22-25(34)32(20(7-3)18-33)24(29(22)15-14-28(23,4)38-29)26(35)31(16-6-2)21-12-10-19(30)11-13-21/h5-6,10-13,20,22-24,33H,1-2,7-9,14-18H2,3-4H3/t20-,22-,23+,24?,28-,29?/m0/s1. The predicted octanol–water partition coefficient (Wildman–Crippen LogP) is 3.90. The van der Waals surface area contributed by atoms with Gasteiger partial charge in [-0.1, -0.05) is 30.7 Å². The van der Waals surface area contributed by atoms with Crippen LogP contribution in [0.4, 0.5) is 5.69 Å². The first-order valence-electron chi connectivity index (χ1n) is 13.3. The van der Waals surface area contributed by atoms with E-state index in [9.17, 15) is 19.5 Å². The summed E-state index contributed by atoms with van der Waals surface area (Å²) < 4.78 is 12.2. The Balaban J connectivity index is 1.76. The van der Waals surface area contributed by atoms with Gasteiger partial charge in [0.1, 0.15) is 17.6 Å². The van der Waals surface area contributed by atoms with Crippen molar-refractivity contribution in [2.24, 2.45) is 11.8 Å². The van der Waals surface area contributed by atoms with Gasteiger partial charge in [0.2, 0.25) is 5.91 Å². The highest BCUT2D eigenvalue weighted by molar-refractivity contribution is 6.30. The molecule has 0 radical (unpaired) electrons. The van der Waals surface area contributed by atoms with Gasteiger partial charge in [-0.3, -0.25) is 14.4 Å². The summed E-state index contributed by atoms with van der Waals surface area (Å²) in [6.45, 7) is 11.3. The van der Waals surface area contributed by atoms with Crippen LogP contribution in [0.15, 0.2) is 49.6 Å². The topological polar surface area (TPSA) is 96.4 Å². The van der Waals surface area contributed by atoms with Crippen LogP contribution in [0, 0.1) is 11.8 Å². The van der Waals surface area contributed by atoms with E-state index in [0.717, 1.165) is 0 Å². The number of amides is 2. The number of anilines is 1. The summed E-state index contributed by atoms with van der Waals surface area (Å²) in [4.78, 5) is 45.0. The van der Waals surface area contributed by atoms with Crippen LogP contribution in [0.2, 0.25) is 5.02 Å². The summed E-state index contributed by atoms with van der Waals surface area (Å²) in [5.41, 5.74) is -1.53. The molecule has 206 valence electrons. The number of hydrogen-bond donors (Lipinski definition) is 1. The quantitative estimate of drug-likeness (QED) is 0.243. The predicted molar refractivity (Wildman–Crippen MR) is 145 cm³/mol. The van der Waals surface area contributed by atoms with Crippen molar-refractivity contribution in [3.63, 3.8) is 0 Å². The normalized spacial score (nSPS) is 30.2. The molecule has 6 atom stereocenters. The Morgan fingerprint density at radius 2 is 2.00 bits per heavy atom. The van der Waals surface area contributed by atoms with Gasteiger partial charge in [0.15, 0.2) is 0 Å². The zero-order chi connectivity index (χ0) is 27.7. The Bertz CT molecular complexity index is 1090. The highest BCUT2D eigenvalue weighted by Crippen LogP contribution is 2.63. The van der Waals surface area contributed by atoms with Crippen molar-refractivity contribution in [1.82, 2.24) is 4.90 Å². The zero-order valence-electron chi connectivity index (χ0n) is 22.1. The molecule has 2 bridgehead atoms. The van der Waals surface area contributed by atoms with E-state index in [-0.39, 0.29) is 31.6 Å². The van der Waals surface area contributed by atoms with Crippen molar-refractivity contribution in [1.29, 1.82) is 0 Å². The third-order valence-electron chi connectivity index (χ3n) is 8.29. The number of fused-ring (bicyclic) bond motifs is 1. The van der Waals surface area contributed by atoms with E-state index in [0.29, 0.717) is 42.8 Å². The molecule has 1 aromatic rings. The lowest BCUT2D eigenvalue weighted by Gasteiger charge is -2.39. The largest absolute Gasteiger partial charge is 0.465 e. The Labute approximate surface area is 229 Å². The second kappa shape index (κ2) is 11.2. The number of rotatable bonds is 12. The molecule has 0 aliphatic carbocycles. The molecule has 4 rings (SSSR count). The van der Waals surface area contributed by atoms with Crippen LogP contribution in [0.1, 0.15) is 46.0 Å². The lowest BCUT2D eigenvalue weighted by molar-refractivity contribution is -0.160. The molecule has 38 heavy (non-hydrogen) atoms. The van der Waals surface area contributed by atoms with E-state index in [1.165, 1.54) is 4.90 Å². The number of nitrogens with zero attached hydrogens (tertiary/aromatic N) is 2. The zero-order valence-corrected chi connectivity index (χ0v) is 22.9. The van der Waals surface area contributed by atoms with E-state index in [1.54, 1.807) is 41.3 Å². The average Bonchev–Trinajstić information content (AvgIpc) is 3.47. The van der Waals surface area contributed by atoms with Crippen molar-refractivity contribution in [2.45, 2.75) is 69.2 Å². The summed E-state index contributed by atoms with van der Waals surface area (Å²) in [5, 5.41) is 10.8. The van der Waals surface area contributed by atoms with Crippen LogP contribution in [0.25, 0.3) is 0 Å². The number of carbonyl (C=O) groups is 3. The summed E-state index contributed by atoms with van der Waals surface area (Å²) in [7, 11) is 0. The molecule has 3 saturated heterocycles. The molecule has 2 unspecified atom stereocenters. The fourth-order valence-corrected chi connectivity index (χ4v) is 6.64. The van der Waals surface area contributed by atoms with Gasteiger partial charge in [-0.15, -0.1) is 13.2 Å². The highest BCUT2D eigenvalue weighted by Gasteiger charge is 2.79. The molecule has 3 aliphatic heterocycles. The third kappa shape index (κ3) is 4.56. The minimum atomic E-state index is -1.21. The van der Waals surface area contributed by atoms with Crippen LogP contribution >= 0.6 is 11.6 Å². The lowest BCUT2D eigenvalue weighted by Crippen LogP contribution is -2.59. The molecule has 0 aromatic heterocycles. The summed E-state index contributed by atoms with van der Waals surface area (Å²) in [6.07, 6.45) is 6.11. The first kappa shape index (κ1) is 28.3. The summed E-state index contributed by atoms with van der Waals surface area (Å²) >= 11 is 6.09. The van der Waals surface area contributed by atoms with E-state index in [1.807, 2.05) is 13.8 Å². The van der Waals surface area contributed by atoms with E-state index >= 15 is 0 Å². The van der Waals surface area contributed by atoms with Crippen LogP contribution < -0.4 is 4.90 Å². The fraction of sp³-hybridized carbons (Fsp3) is 0.552. The van der Waals surface area contributed by atoms with Crippen LogP contribution in [-0.4, -0.2) is 70.8 Å². The Kier molecular flexibility index (Phi) is 8.35. The van der Waals surface area contributed by atoms with Gasteiger partial charge in [0, 0.05) is 17.3 Å². The van der Waals surface area contributed by atoms with E-state index in [2.05, 4.69) is 13.2 Å². The molecule has 8 nitrogen and oxygen atoms in total. The summed E-state index contributed by atoms with van der Waals surface area (Å²) in [6, 6.07) is 5.24. The number of likely N-dealkylation sites (tertiary alicyclic amines) is 1. The van der Waals surface area contributed by atoms with Gasteiger partial charge < -0.3 is 24.4 Å². The lowest BCUT2D eigenvalue weighted by atomic mass is 9.66. The van der Waals surface area contributed by atoms with Crippen molar-refractivity contribution >= 4 is 35.1 Å². The molecule has 1 spiro atoms. The molecule has 0 saturated carbocycles. The van der Waals surface area contributed by atoms with Crippen LogP contribution in [0.3, 0.4) is 0 Å². The molecule has 1 aromatic carbocycles. The van der Waals surface area contributed by atoms with Crippen molar-refractivity contribution in [2.75, 3.05) is 24.7 Å². The first-order valence-corrected chi connectivity index (χ1v) is 13.7. The number of aliphatic hydroxyl groups excluding tert-OH is 1. The number of halogens is 1. The number of esters is 1. The maximum atomic E-state index is 14.4. The number of aliphatic hydroxyl groups is 1. The number of ether oxygens (including phenoxy) is 2. The SMILES string of the molecule is C=CCCCOC(=O)[C@H]1[C@H]2C(=O)N([C@@H](CC)CO)C(C(=O)N(CC=C)c3ccc(Cl)cc3)C23CC[C@]1(C)O3. The minimum absolute atomic E-state index is 0.196. The molecular formula is C29H37ClN2O6.